The zero-order valence-electron chi connectivity index (χ0n) is 11.4. The number of aromatic nitrogens is 4. The molecule has 0 saturated carbocycles. The van der Waals surface area contributed by atoms with Gasteiger partial charge < -0.3 is 14.4 Å². The molecule has 0 saturated heterocycles. The number of carbonyl (C=O) groups excluding carboxylic acids is 1. The smallest absolute Gasteiger partial charge is 0.287 e. The molecule has 19 heavy (non-hydrogen) atoms. The van der Waals surface area contributed by atoms with Crippen LogP contribution in [-0.2, 0) is 7.05 Å². The first-order chi connectivity index (χ1) is 8.99. The highest BCUT2D eigenvalue weighted by Crippen LogP contribution is 2.15. The summed E-state index contributed by atoms with van der Waals surface area (Å²) in [7, 11) is 1.76. The van der Waals surface area contributed by atoms with Crippen LogP contribution in [0.4, 0.5) is 0 Å². The van der Waals surface area contributed by atoms with Gasteiger partial charge in [-0.05, 0) is 6.92 Å². The van der Waals surface area contributed by atoms with Gasteiger partial charge in [0.15, 0.2) is 11.6 Å². The number of carbonyl (C=O) groups is 1. The average Bonchev–Trinajstić information content (AvgIpc) is 2.96. The van der Waals surface area contributed by atoms with Gasteiger partial charge in [0.25, 0.3) is 5.91 Å². The number of aryl methyl sites for hydroxylation is 1. The van der Waals surface area contributed by atoms with Gasteiger partial charge in [0, 0.05) is 25.4 Å². The third-order valence-corrected chi connectivity index (χ3v) is 2.72. The van der Waals surface area contributed by atoms with Gasteiger partial charge in [0.2, 0.25) is 5.89 Å². The molecule has 2 rings (SSSR count). The lowest BCUT2D eigenvalue weighted by Crippen LogP contribution is -2.29. The fourth-order valence-electron chi connectivity index (χ4n) is 1.56. The maximum absolute atomic E-state index is 12.0. The van der Waals surface area contributed by atoms with Crippen LogP contribution in [0.25, 0.3) is 0 Å². The summed E-state index contributed by atoms with van der Waals surface area (Å²) in [4.78, 5) is 20.2. The number of amides is 1. The van der Waals surface area contributed by atoms with Crippen molar-refractivity contribution in [3.8, 4) is 0 Å². The Hall–Kier alpha value is -2.18. The summed E-state index contributed by atoms with van der Waals surface area (Å²) in [6.07, 6.45) is 3.28. The molecule has 0 aliphatic rings. The van der Waals surface area contributed by atoms with Gasteiger partial charge >= 0.3 is 0 Å². The van der Waals surface area contributed by atoms with Gasteiger partial charge in [0.1, 0.15) is 6.04 Å². The van der Waals surface area contributed by atoms with E-state index in [0.29, 0.717) is 17.5 Å². The first-order valence-corrected chi connectivity index (χ1v) is 6.10. The Morgan fingerprint density at radius 2 is 2.16 bits per heavy atom. The summed E-state index contributed by atoms with van der Waals surface area (Å²) < 4.78 is 6.78. The molecule has 102 valence electrons. The van der Waals surface area contributed by atoms with Gasteiger partial charge in [-0.2, -0.15) is 4.98 Å². The summed E-state index contributed by atoms with van der Waals surface area (Å²) in [5, 5.41) is 6.64. The van der Waals surface area contributed by atoms with E-state index in [0.717, 1.165) is 0 Å². The molecule has 1 unspecified atom stereocenters. The van der Waals surface area contributed by atoms with Crippen LogP contribution in [0.15, 0.2) is 16.9 Å². The predicted molar refractivity (Wildman–Crippen MR) is 67.5 cm³/mol. The molecule has 0 bridgehead atoms. The maximum atomic E-state index is 12.0. The van der Waals surface area contributed by atoms with Gasteiger partial charge in [-0.25, -0.2) is 4.98 Å². The Morgan fingerprint density at radius 1 is 1.42 bits per heavy atom. The first-order valence-electron chi connectivity index (χ1n) is 6.10. The van der Waals surface area contributed by atoms with Crippen LogP contribution in [0.5, 0.6) is 0 Å². The molecule has 0 aromatic carbocycles. The highest BCUT2D eigenvalue weighted by Gasteiger charge is 2.20. The van der Waals surface area contributed by atoms with Crippen molar-refractivity contribution in [1.29, 1.82) is 0 Å². The van der Waals surface area contributed by atoms with Crippen LogP contribution in [-0.4, -0.2) is 25.6 Å². The van der Waals surface area contributed by atoms with Gasteiger partial charge in [-0.3, -0.25) is 4.79 Å². The molecule has 7 heteroatoms. The summed E-state index contributed by atoms with van der Waals surface area (Å²) >= 11 is 0. The lowest BCUT2D eigenvalue weighted by Gasteiger charge is -2.09. The predicted octanol–water partition coefficient (Wildman–Crippen LogP) is 1.42. The largest absolute Gasteiger partial charge is 0.338 e. The summed E-state index contributed by atoms with van der Waals surface area (Å²) in [5.41, 5.74) is 0. The Kier molecular flexibility index (Phi) is 3.64. The standard InChI is InChI=1S/C12H17N5O2/c1-7(2)9-15-12(19-16-9)8(3)14-11(18)10-13-5-6-17(10)4/h5-8H,1-4H3,(H,14,18). The van der Waals surface area contributed by atoms with E-state index in [9.17, 15) is 4.79 Å². The Bertz CT molecular complexity index is 572. The summed E-state index contributed by atoms with van der Waals surface area (Å²) in [6.45, 7) is 5.75. The van der Waals surface area contributed by atoms with Crippen molar-refractivity contribution in [3.63, 3.8) is 0 Å². The van der Waals surface area contributed by atoms with Crippen LogP contribution in [0.2, 0.25) is 0 Å². The lowest BCUT2D eigenvalue weighted by atomic mass is 10.2. The van der Waals surface area contributed by atoms with E-state index < -0.39 is 0 Å². The molecule has 0 radical (unpaired) electrons. The normalized spacial score (nSPS) is 12.7. The Balaban J connectivity index is 2.06. The quantitative estimate of drug-likeness (QED) is 0.901. The number of imidazole rings is 1. The number of nitrogens with one attached hydrogen (secondary N) is 1. The molecule has 1 amide bonds. The minimum Gasteiger partial charge on any atom is -0.338 e. The third-order valence-electron chi connectivity index (χ3n) is 2.72. The SMILES string of the molecule is CC(C)c1noc(C(C)NC(=O)c2nccn2C)n1. The van der Waals surface area contributed by atoms with E-state index in [2.05, 4.69) is 20.4 Å². The molecule has 0 aliphatic heterocycles. The van der Waals surface area contributed by atoms with E-state index in [-0.39, 0.29) is 17.9 Å². The summed E-state index contributed by atoms with van der Waals surface area (Å²) in [5.74, 6) is 1.29. The molecule has 7 nitrogen and oxygen atoms in total. The number of hydrogen-bond donors (Lipinski definition) is 1. The van der Waals surface area contributed by atoms with Gasteiger partial charge in [0.05, 0.1) is 0 Å². The molecule has 0 fully saturated rings. The second-order valence-electron chi connectivity index (χ2n) is 4.70. The van der Waals surface area contributed by atoms with Crippen LogP contribution in [0.1, 0.15) is 55.1 Å². The molecular formula is C12H17N5O2. The van der Waals surface area contributed by atoms with Gasteiger partial charge in [-0.15, -0.1) is 0 Å². The van der Waals surface area contributed by atoms with Crippen molar-refractivity contribution in [2.75, 3.05) is 0 Å². The molecule has 0 aliphatic carbocycles. The van der Waals surface area contributed by atoms with Gasteiger partial charge in [-0.1, -0.05) is 19.0 Å². The van der Waals surface area contributed by atoms with E-state index >= 15 is 0 Å². The Morgan fingerprint density at radius 3 is 2.68 bits per heavy atom. The zero-order chi connectivity index (χ0) is 14.0. The van der Waals surface area contributed by atoms with E-state index in [1.165, 1.54) is 0 Å². The molecule has 2 aromatic rings. The monoisotopic (exact) mass is 263 g/mol. The fraction of sp³-hybridized carbons (Fsp3) is 0.500. The second-order valence-corrected chi connectivity index (χ2v) is 4.70. The zero-order valence-corrected chi connectivity index (χ0v) is 11.4. The second kappa shape index (κ2) is 5.21. The molecule has 2 aromatic heterocycles. The first kappa shape index (κ1) is 13.3. The third kappa shape index (κ3) is 2.81. The van der Waals surface area contributed by atoms with E-state index in [4.69, 9.17) is 4.52 Å². The number of hydrogen-bond acceptors (Lipinski definition) is 5. The van der Waals surface area contributed by atoms with Crippen molar-refractivity contribution in [2.45, 2.75) is 32.7 Å². The molecule has 1 N–H and O–H groups in total. The van der Waals surface area contributed by atoms with E-state index in [1.54, 1.807) is 30.9 Å². The van der Waals surface area contributed by atoms with Crippen LogP contribution in [0.3, 0.4) is 0 Å². The van der Waals surface area contributed by atoms with Crippen LogP contribution >= 0.6 is 0 Å². The molecule has 1 atom stereocenters. The summed E-state index contributed by atoms with van der Waals surface area (Å²) in [6, 6.07) is -0.357. The minimum atomic E-state index is -0.357. The highest BCUT2D eigenvalue weighted by molar-refractivity contribution is 5.90. The van der Waals surface area contributed by atoms with Crippen molar-refractivity contribution < 1.29 is 9.32 Å². The van der Waals surface area contributed by atoms with Crippen molar-refractivity contribution >= 4 is 5.91 Å². The van der Waals surface area contributed by atoms with Crippen LogP contribution < -0.4 is 5.32 Å². The van der Waals surface area contributed by atoms with Crippen LogP contribution in [0, 0.1) is 0 Å². The van der Waals surface area contributed by atoms with E-state index in [1.807, 2.05) is 13.8 Å². The lowest BCUT2D eigenvalue weighted by molar-refractivity contribution is 0.0919. The topological polar surface area (TPSA) is 85.8 Å². The number of nitrogens with zero attached hydrogens (tertiary/aromatic N) is 4. The molecule has 2 heterocycles. The van der Waals surface area contributed by atoms with Crippen molar-refractivity contribution in [1.82, 2.24) is 25.0 Å². The molecular weight excluding hydrogens is 246 g/mol. The fourth-order valence-corrected chi connectivity index (χ4v) is 1.56. The molecule has 0 spiro atoms. The van der Waals surface area contributed by atoms with Crippen molar-refractivity contribution in [2.24, 2.45) is 7.05 Å². The minimum absolute atomic E-state index is 0.190. The average molecular weight is 263 g/mol. The Labute approximate surface area is 111 Å². The maximum Gasteiger partial charge on any atom is 0.287 e. The van der Waals surface area contributed by atoms with Crippen molar-refractivity contribution in [3.05, 3.63) is 29.9 Å². The highest BCUT2D eigenvalue weighted by atomic mass is 16.5. The number of rotatable bonds is 4.